The van der Waals surface area contributed by atoms with E-state index in [1.165, 1.54) is 6.42 Å². The molecule has 1 aliphatic carbocycles. The molecule has 1 amide bonds. The van der Waals surface area contributed by atoms with Crippen LogP contribution in [0.15, 0.2) is 0 Å². The summed E-state index contributed by atoms with van der Waals surface area (Å²) in [6.07, 6.45) is 9.00. The van der Waals surface area contributed by atoms with Gasteiger partial charge in [0.1, 0.15) is 6.10 Å². The molecule has 2 atom stereocenters. The topological polar surface area (TPSA) is 38.3 Å². The number of alkyl halides is 1. The lowest BCUT2D eigenvalue weighted by Crippen LogP contribution is -2.32. The number of rotatable bonds is 2. The summed E-state index contributed by atoms with van der Waals surface area (Å²) >= 11 is 2.40. The Morgan fingerprint density at radius 1 is 1.64 bits per heavy atom. The van der Waals surface area contributed by atoms with Gasteiger partial charge in [-0.3, -0.25) is 0 Å². The van der Waals surface area contributed by atoms with Crippen LogP contribution in [0.3, 0.4) is 0 Å². The highest BCUT2D eigenvalue weighted by Crippen LogP contribution is 2.26. The predicted molar refractivity (Wildman–Crippen MR) is 63.4 cm³/mol. The molecule has 78 valence electrons. The lowest BCUT2D eigenvalue weighted by Gasteiger charge is -2.25. The quantitative estimate of drug-likeness (QED) is 0.482. The van der Waals surface area contributed by atoms with E-state index in [-0.39, 0.29) is 12.6 Å². The van der Waals surface area contributed by atoms with Gasteiger partial charge in [0.05, 0.1) is 6.54 Å². The van der Waals surface area contributed by atoms with Crippen LogP contribution in [0.2, 0.25) is 0 Å². The maximum Gasteiger partial charge on any atom is 0.408 e. The van der Waals surface area contributed by atoms with Gasteiger partial charge < -0.3 is 10.1 Å². The van der Waals surface area contributed by atoms with Crippen molar-refractivity contribution >= 4 is 28.7 Å². The number of terminal acetylenes is 1. The molecule has 0 saturated heterocycles. The van der Waals surface area contributed by atoms with Gasteiger partial charge >= 0.3 is 6.09 Å². The summed E-state index contributed by atoms with van der Waals surface area (Å²) in [4.78, 5) is 11.1. The van der Waals surface area contributed by atoms with Gasteiger partial charge in [0.15, 0.2) is 0 Å². The van der Waals surface area contributed by atoms with Crippen LogP contribution in [0.1, 0.15) is 25.7 Å². The smallest absolute Gasteiger partial charge is 0.408 e. The second kappa shape index (κ2) is 6.12. The van der Waals surface area contributed by atoms with Gasteiger partial charge in [-0.2, -0.15) is 0 Å². The van der Waals surface area contributed by atoms with Crippen molar-refractivity contribution in [2.75, 3.05) is 6.54 Å². The van der Waals surface area contributed by atoms with Crippen LogP contribution in [0, 0.1) is 12.3 Å². The summed E-state index contributed by atoms with van der Waals surface area (Å²) in [5.74, 6) is 2.33. The summed E-state index contributed by atoms with van der Waals surface area (Å²) < 4.78 is 5.84. The Morgan fingerprint density at radius 2 is 2.43 bits per heavy atom. The lowest BCUT2D eigenvalue weighted by molar-refractivity contribution is 0.0789. The SMILES string of the molecule is C#CCNC(=O)OC1CCCC(I)C1. The third-order valence-corrected chi connectivity index (χ3v) is 3.30. The van der Waals surface area contributed by atoms with Crippen LogP contribution in [-0.4, -0.2) is 22.7 Å². The summed E-state index contributed by atoms with van der Waals surface area (Å²) in [5.41, 5.74) is 0. The zero-order valence-corrected chi connectivity index (χ0v) is 10.1. The van der Waals surface area contributed by atoms with Crippen molar-refractivity contribution in [1.29, 1.82) is 0 Å². The fourth-order valence-corrected chi connectivity index (χ4v) is 2.52. The van der Waals surface area contributed by atoms with Crippen molar-refractivity contribution in [2.24, 2.45) is 0 Å². The Bertz CT molecular complexity index is 237. The molecule has 0 aromatic heterocycles. The number of hydrogen-bond donors (Lipinski definition) is 1. The van der Waals surface area contributed by atoms with Crippen molar-refractivity contribution in [1.82, 2.24) is 5.32 Å². The second-order valence-electron chi connectivity index (χ2n) is 3.35. The number of nitrogens with one attached hydrogen (secondary N) is 1. The van der Waals surface area contributed by atoms with E-state index < -0.39 is 6.09 Å². The second-order valence-corrected chi connectivity index (χ2v) is 5.11. The molecule has 3 nitrogen and oxygen atoms in total. The number of alkyl carbamates (subject to hydrolysis) is 1. The number of hydrogen-bond acceptors (Lipinski definition) is 2. The third kappa shape index (κ3) is 4.18. The van der Waals surface area contributed by atoms with Crippen LogP contribution in [0.5, 0.6) is 0 Å². The molecule has 1 fully saturated rings. The first kappa shape index (κ1) is 11.6. The van der Waals surface area contributed by atoms with Crippen molar-refractivity contribution in [3.8, 4) is 12.3 Å². The van der Waals surface area contributed by atoms with E-state index in [1.54, 1.807) is 0 Å². The standard InChI is InChI=1S/C10H14INO2/c1-2-6-12-10(13)14-9-5-3-4-8(11)7-9/h1,8-9H,3-7H2,(H,12,13). The molecule has 2 unspecified atom stereocenters. The molecule has 14 heavy (non-hydrogen) atoms. The Balaban J connectivity index is 2.22. The van der Waals surface area contributed by atoms with Crippen LogP contribution >= 0.6 is 22.6 Å². The van der Waals surface area contributed by atoms with Crippen molar-refractivity contribution in [3.05, 3.63) is 0 Å². The molecule has 1 aliphatic rings. The number of halogens is 1. The molecule has 0 bridgehead atoms. The van der Waals surface area contributed by atoms with Gasteiger partial charge in [0.2, 0.25) is 0 Å². The molecule has 0 aromatic rings. The van der Waals surface area contributed by atoms with E-state index in [1.807, 2.05) is 0 Å². The summed E-state index contributed by atoms with van der Waals surface area (Å²) in [7, 11) is 0. The maximum atomic E-state index is 11.1. The normalized spacial score (nSPS) is 26.3. The van der Waals surface area contributed by atoms with Crippen LogP contribution in [0.4, 0.5) is 4.79 Å². The minimum Gasteiger partial charge on any atom is -0.446 e. The molecule has 1 saturated carbocycles. The summed E-state index contributed by atoms with van der Waals surface area (Å²) in [6.45, 7) is 0.235. The van der Waals surface area contributed by atoms with Crippen molar-refractivity contribution in [3.63, 3.8) is 0 Å². The number of carbonyl (C=O) groups excluding carboxylic acids is 1. The van der Waals surface area contributed by atoms with E-state index in [0.29, 0.717) is 3.92 Å². The van der Waals surface area contributed by atoms with E-state index in [0.717, 1.165) is 19.3 Å². The van der Waals surface area contributed by atoms with E-state index in [4.69, 9.17) is 11.2 Å². The van der Waals surface area contributed by atoms with Gasteiger partial charge in [0, 0.05) is 3.92 Å². The zero-order chi connectivity index (χ0) is 10.4. The van der Waals surface area contributed by atoms with Gasteiger partial charge in [-0.05, 0) is 25.7 Å². The summed E-state index contributed by atoms with van der Waals surface area (Å²) in [5, 5.41) is 2.49. The van der Waals surface area contributed by atoms with Crippen LogP contribution in [-0.2, 0) is 4.74 Å². The molecule has 4 heteroatoms. The van der Waals surface area contributed by atoms with E-state index >= 15 is 0 Å². The van der Waals surface area contributed by atoms with Gasteiger partial charge in [-0.25, -0.2) is 4.79 Å². The first-order valence-corrected chi connectivity index (χ1v) is 5.99. The Kier molecular flexibility index (Phi) is 5.09. The molecule has 0 spiro atoms. The molecule has 0 heterocycles. The Hall–Kier alpha value is -0.440. The third-order valence-electron chi connectivity index (χ3n) is 2.17. The predicted octanol–water partition coefficient (Wildman–Crippen LogP) is 2.09. The average Bonchev–Trinajstić information content (AvgIpc) is 2.15. The maximum absolute atomic E-state index is 11.1. The molecule has 0 radical (unpaired) electrons. The average molecular weight is 307 g/mol. The molecule has 1 rings (SSSR count). The highest BCUT2D eigenvalue weighted by atomic mass is 127. The highest BCUT2D eigenvalue weighted by Gasteiger charge is 2.22. The Morgan fingerprint density at radius 3 is 3.07 bits per heavy atom. The van der Waals surface area contributed by atoms with Gasteiger partial charge in [-0.1, -0.05) is 28.5 Å². The molecular weight excluding hydrogens is 293 g/mol. The lowest BCUT2D eigenvalue weighted by atomic mass is 9.98. The first-order valence-electron chi connectivity index (χ1n) is 4.74. The number of amides is 1. The van der Waals surface area contributed by atoms with Gasteiger partial charge in [0.25, 0.3) is 0 Å². The fourth-order valence-electron chi connectivity index (χ4n) is 1.51. The fraction of sp³-hybridized carbons (Fsp3) is 0.700. The molecule has 0 aromatic carbocycles. The van der Waals surface area contributed by atoms with Crippen LogP contribution < -0.4 is 5.32 Å². The minimum atomic E-state index is -0.390. The first-order chi connectivity index (χ1) is 6.72. The van der Waals surface area contributed by atoms with E-state index in [9.17, 15) is 4.79 Å². The number of ether oxygens (including phenoxy) is 1. The monoisotopic (exact) mass is 307 g/mol. The van der Waals surface area contributed by atoms with Gasteiger partial charge in [-0.15, -0.1) is 6.42 Å². The van der Waals surface area contributed by atoms with E-state index in [2.05, 4.69) is 33.8 Å². The van der Waals surface area contributed by atoms with Crippen LogP contribution in [0.25, 0.3) is 0 Å². The van der Waals surface area contributed by atoms with Crippen molar-refractivity contribution in [2.45, 2.75) is 35.7 Å². The molecule has 1 N–H and O–H groups in total. The minimum absolute atomic E-state index is 0.0726. The summed E-state index contributed by atoms with van der Waals surface area (Å²) in [6, 6.07) is 0. The highest BCUT2D eigenvalue weighted by molar-refractivity contribution is 14.1. The number of carbonyl (C=O) groups is 1. The Labute approximate surface area is 98.1 Å². The molecule has 0 aliphatic heterocycles. The largest absolute Gasteiger partial charge is 0.446 e. The molecular formula is C10H14INO2. The zero-order valence-electron chi connectivity index (χ0n) is 7.96. The van der Waals surface area contributed by atoms with Crippen molar-refractivity contribution < 1.29 is 9.53 Å².